The summed E-state index contributed by atoms with van der Waals surface area (Å²) in [5.41, 5.74) is 8.10. The van der Waals surface area contributed by atoms with Crippen LogP contribution in [0.5, 0.6) is 0 Å². The molecular formula is C49H52N4O6. The molecule has 2 aliphatic heterocycles. The van der Waals surface area contributed by atoms with Crippen LogP contribution in [0, 0.1) is 13.8 Å². The lowest BCUT2D eigenvalue weighted by molar-refractivity contribution is -0.124. The fraction of sp³-hybridized carbons (Fsp3) is 0.429. The number of amides is 4. The van der Waals surface area contributed by atoms with Crippen molar-refractivity contribution in [2.24, 2.45) is 0 Å². The number of aliphatic hydroxyl groups is 2. The lowest BCUT2D eigenvalue weighted by atomic mass is 9.66. The van der Waals surface area contributed by atoms with Crippen LogP contribution < -0.4 is 10.6 Å². The van der Waals surface area contributed by atoms with Crippen molar-refractivity contribution in [1.29, 1.82) is 0 Å². The molecule has 4 aromatic rings. The minimum absolute atomic E-state index is 0.00656. The number of carbonyl (C=O) groups is 4. The van der Waals surface area contributed by atoms with Gasteiger partial charge in [0.15, 0.2) is 0 Å². The second kappa shape index (κ2) is 13.6. The van der Waals surface area contributed by atoms with Crippen molar-refractivity contribution in [3.8, 4) is 22.3 Å². The third kappa shape index (κ3) is 6.29. The highest BCUT2D eigenvalue weighted by Crippen LogP contribution is 2.51. The summed E-state index contributed by atoms with van der Waals surface area (Å²) in [7, 11) is 0. The maximum absolute atomic E-state index is 14.7. The molecule has 4 amide bonds. The van der Waals surface area contributed by atoms with Crippen LogP contribution in [-0.4, -0.2) is 67.6 Å². The second-order valence-corrected chi connectivity index (χ2v) is 18.6. The molecule has 304 valence electrons. The topological polar surface area (TPSA) is 139 Å². The lowest BCUT2D eigenvalue weighted by Crippen LogP contribution is -2.52. The average Bonchev–Trinajstić information content (AvgIpc) is 4.17. The molecule has 10 nitrogen and oxygen atoms in total. The molecule has 4 aliphatic carbocycles. The number of benzene rings is 4. The largest absolute Gasteiger partial charge is 0.393 e. The van der Waals surface area contributed by atoms with Crippen molar-refractivity contribution in [1.82, 2.24) is 10.0 Å². The van der Waals surface area contributed by atoms with Gasteiger partial charge in [-0.2, -0.15) is 0 Å². The summed E-state index contributed by atoms with van der Waals surface area (Å²) in [6.07, 6.45) is 7.69. The smallest absolute Gasteiger partial charge is 0.272 e. The standard InChI is InChI=1S/C49H52N4O6/c1-28-4-6-32(24-37(28)30-8-14-39-41(26-30)50-45(57)48(39)18-16-36(54)17-19-48)43(55)52(34-10-11-34)53(35-12-13-35)44(56)33-7-5-29(2)38(25-33)31-9-15-40-42(27-31)51-46(58)49(40)22-20-47(3,59)21-23-49/h4-9,14-15,24-27,34-36,54,59H,10-13,16-23H2,1-3H3,(H,50,57)(H,51,58). The van der Waals surface area contributed by atoms with E-state index in [1.54, 1.807) is 10.0 Å². The Morgan fingerprint density at radius 1 is 0.593 bits per heavy atom. The number of nitrogens with one attached hydrogen (secondary N) is 2. The number of carbonyl (C=O) groups excluding carboxylic acids is 4. The first-order chi connectivity index (χ1) is 28.3. The number of aryl methyl sites for hydroxylation is 2. The summed E-state index contributed by atoms with van der Waals surface area (Å²) in [5, 5.41) is 30.5. The van der Waals surface area contributed by atoms with E-state index in [0.717, 1.165) is 81.6 Å². The van der Waals surface area contributed by atoms with Gasteiger partial charge in [-0.15, -0.1) is 0 Å². The van der Waals surface area contributed by atoms with Crippen LogP contribution in [0.3, 0.4) is 0 Å². The van der Waals surface area contributed by atoms with Crippen molar-refractivity contribution in [2.45, 2.75) is 132 Å². The Kier molecular flexibility index (Phi) is 8.75. The zero-order valence-corrected chi connectivity index (χ0v) is 34.1. The van der Waals surface area contributed by atoms with Gasteiger partial charge in [-0.25, -0.2) is 10.0 Å². The Bertz CT molecular complexity index is 2450. The van der Waals surface area contributed by atoms with Crippen LogP contribution in [-0.2, 0) is 20.4 Å². The van der Waals surface area contributed by atoms with Crippen molar-refractivity contribution in [3.63, 3.8) is 0 Å². The monoisotopic (exact) mass is 792 g/mol. The van der Waals surface area contributed by atoms with Crippen molar-refractivity contribution < 1.29 is 29.4 Å². The molecule has 10 rings (SSSR count). The van der Waals surface area contributed by atoms with Gasteiger partial charge in [0, 0.05) is 22.5 Å². The molecule has 2 heterocycles. The van der Waals surface area contributed by atoms with E-state index in [9.17, 15) is 29.4 Å². The van der Waals surface area contributed by atoms with Gasteiger partial charge >= 0.3 is 0 Å². The van der Waals surface area contributed by atoms with E-state index in [-0.39, 0.29) is 41.8 Å². The van der Waals surface area contributed by atoms with Gasteiger partial charge in [-0.3, -0.25) is 19.2 Å². The molecule has 4 N–H and O–H groups in total. The molecular weight excluding hydrogens is 741 g/mol. The van der Waals surface area contributed by atoms with Crippen LogP contribution in [0.25, 0.3) is 22.3 Å². The van der Waals surface area contributed by atoms with E-state index in [4.69, 9.17) is 0 Å². The zero-order valence-electron chi connectivity index (χ0n) is 34.1. The molecule has 0 saturated heterocycles. The van der Waals surface area contributed by atoms with Gasteiger partial charge in [0.25, 0.3) is 11.8 Å². The van der Waals surface area contributed by atoms with Crippen LogP contribution in [0.15, 0.2) is 72.8 Å². The quantitative estimate of drug-likeness (QED) is 0.146. The lowest BCUT2D eigenvalue weighted by Gasteiger charge is -2.39. The van der Waals surface area contributed by atoms with Gasteiger partial charge < -0.3 is 20.8 Å². The van der Waals surface area contributed by atoms with E-state index in [2.05, 4.69) is 10.6 Å². The second-order valence-electron chi connectivity index (χ2n) is 18.6. The SMILES string of the molecule is Cc1ccc(C(=O)N(C2CC2)N(C(=O)c2ccc(C)c(-c3ccc4c(c3)NC(=O)C43CCC(C)(O)CC3)c2)C2CC2)cc1-c1ccc2c(c1)NC(=O)C21CCC(O)CC1. The number of nitrogens with zero attached hydrogens (tertiary/aromatic N) is 2. The maximum atomic E-state index is 14.7. The van der Waals surface area contributed by atoms with Crippen LogP contribution >= 0.6 is 0 Å². The molecule has 4 saturated carbocycles. The Hall–Kier alpha value is -5.32. The van der Waals surface area contributed by atoms with E-state index in [0.29, 0.717) is 62.5 Å². The highest BCUT2D eigenvalue weighted by Gasteiger charge is 2.51. The third-order valence-electron chi connectivity index (χ3n) is 14.5. The maximum Gasteiger partial charge on any atom is 0.272 e. The fourth-order valence-corrected chi connectivity index (χ4v) is 10.4. The van der Waals surface area contributed by atoms with Crippen molar-refractivity contribution in [3.05, 3.63) is 106 Å². The molecule has 4 aromatic carbocycles. The fourth-order valence-electron chi connectivity index (χ4n) is 10.4. The summed E-state index contributed by atoms with van der Waals surface area (Å²) in [4.78, 5) is 56.2. The Labute approximate surface area is 345 Å². The van der Waals surface area contributed by atoms with Crippen LogP contribution in [0.2, 0.25) is 0 Å². The number of fused-ring (bicyclic) bond motifs is 4. The highest BCUT2D eigenvalue weighted by molar-refractivity contribution is 6.08. The van der Waals surface area contributed by atoms with E-state index < -0.39 is 16.4 Å². The van der Waals surface area contributed by atoms with Crippen molar-refractivity contribution in [2.75, 3.05) is 10.6 Å². The number of hydrogen-bond acceptors (Lipinski definition) is 6. The first-order valence-corrected chi connectivity index (χ1v) is 21.5. The minimum Gasteiger partial charge on any atom is -0.393 e. The van der Waals surface area contributed by atoms with Crippen LogP contribution in [0.1, 0.15) is 127 Å². The number of anilines is 2. The number of rotatable bonds is 6. The molecule has 0 radical (unpaired) electrons. The molecule has 4 fully saturated rings. The summed E-state index contributed by atoms with van der Waals surface area (Å²) in [6, 6.07) is 23.5. The normalized spacial score (nSPS) is 27.0. The van der Waals surface area contributed by atoms with Gasteiger partial charge in [0.2, 0.25) is 11.8 Å². The molecule has 10 heteroatoms. The minimum atomic E-state index is -0.759. The molecule has 59 heavy (non-hydrogen) atoms. The van der Waals surface area contributed by atoms with Crippen molar-refractivity contribution >= 4 is 35.0 Å². The van der Waals surface area contributed by atoms with Gasteiger partial charge in [0.05, 0.1) is 34.6 Å². The molecule has 2 spiro atoms. The zero-order chi connectivity index (χ0) is 41.0. The van der Waals surface area contributed by atoms with Gasteiger partial charge in [-0.05, 0) is 179 Å². The molecule has 6 aliphatic rings. The van der Waals surface area contributed by atoms with E-state index in [1.165, 1.54) is 0 Å². The predicted molar refractivity (Wildman–Crippen MR) is 226 cm³/mol. The van der Waals surface area contributed by atoms with Gasteiger partial charge in [-0.1, -0.05) is 36.4 Å². The van der Waals surface area contributed by atoms with E-state index in [1.807, 2.05) is 93.6 Å². The molecule has 0 atom stereocenters. The summed E-state index contributed by atoms with van der Waals surface area (Å²) >= 11 is 0. The summed E-state index contributed by atoms with van der Waals surface area (Å²) in [5.74, 6) is -0.430. The van der Waals surface area contributed by atoms with Crippen LogP contribution in [0.4, 0.5) is 11.4 Å². The Morgan fingerprint density at radius 2 is 1.02 bits per heavy atom. The third-order valence-corrected chi connectivity index (χ3v) is 14.5. The first kappa shape index (κ1) is 37.9. The number of hydrogen-bond donors (Lipinski definition) is 4. The highest BCUT2D eigenvalue weighted by atomic mass is 16.3. The predicted octanol–water partition coefficient (Wildman–Crippen LogP) is 8.10. The summed E-state index contributed by atoms with van der Waals surface area (Å²) < 4.78 is 0. The molecule has 0 unspecified atom stereocenters. The Morgan fingerprint density at radius 3 is 1.44 bits per heavy atom. The molecule has 0 aromatic heterocycles. The summed E-state index contributed by atoms with van der Waals surface area (Å²) in [6.45, 7) is 5.87. The average molecular weight is 793 g/mol. The Balaban J connectivity index is 0.936. The molecule has 0 bridgehead atoms. The van der Waals surface area contributed by atoms with E-state index >= 15 is 0 Å². The number of hydrazine groups is 1. The number of aliphatic hydroxyl groups excluding tert-OH is 1. The first-order valence-electron chi connectivity index (χ1n) is 21.5. The van der Waals surface area contributed by atoms with Gasteiger partial charge in [0.1, 0.15) is 0 Å².